The van der Waals surface area contributed by atoms with Gasteiger partial charge in [-0.1, -0.05) is 240 Å². The van der Waals surface area contributed by atoms with Crippen molar-refractivity contribution in [2.45, 2.75) is 283 Å². The summed E-state index contributed by atoms with van der Waals surface area (Å²) in [6.07, 6.45) is 67.5. The van der Waals surface area contributed by atoms with Crippen LogP contribution in [0.1, 0.15) is 265 Å². The number of aliphatic hydroxyl groups is 2. The number of hydrogen-bond donors (Lipinski definition) is 4. The van der Waals surface area contributed by atoms with Gasteiger partial charge in [-0.2, -0.15) is 0 Å². The van der Waals surface area contributed by atoms with Gasteiger partial charge in [-0.25, -0.2) is 9.13 Å². The van der Waals surface area contributed by atoms with Gasteiger partial charge in [0.05, 0.1) is 26.4 Å². The lowest BCUT2D eigenvalue weighted by Gasteiger charge is -2.21. The second kappa shape index (κ2) is 62.7. The predicted octanol–water partition coefficient (Wildman–Crippen LogP) is 18.3. The Morgan fingerprint density at radius 3 is 0.989 bits per heavy atom. The van der Waals surface area contributed by atoms with Crippen LogP contribution in [0.3, 0.4) is 0 Å². The highest BCUT2D eigenvalue weighted by Crippen LogP contribution is 2.45. The Labute approximate surface area is 527 Å². The van der Waals surface area contributed by atoms with Crippen LogP contribution in [0.4, 0.5) is 0 Å². The number of allylic oxidation sites excluding steroid dienone is 16. The molecule has 0 aromatic carbocycles. The Bertz CT molecular complexity index is 1980. The number of phosphoric acid groups is 2. The third-order valence-electron chi connectivity index (χ3n) is 13.8. The van der Waals surface area contributed by atoms with Crippen molar-refractivity contribution in [3.05, 3.63) is 97.2 Å². The number of ether oxygens (including phenoxy) is 3. The van der Waals surface area contributed by atoms with E-state index in [2.05, 4.69) is 118 Å². The minimum absolute atomic E-state index is 0.104. The maximum atomic E-state index is 12.9. The van der Waals surface area contributed by atoms with Gasteiger partial charge in [0, 0.05) is 19.3 Å². The maximum absolute atomic E-state index is 12.9. The molecule has 4 N–H and O–H groups in total. The number of rotatable bonds is 63. The molecule has 16 nitrogen and oxygen atoms in total. The van der Waals surface area contributed by atoms with E-state index in [1.165, 1.54) is 70.6 Å². The zero-order chi connectivity index (χ0) is 63.8. The summed E-state index contributed by atoms with van der Waals surface area (Å²) in [7, 11) is -9.78. The average Bonchev–Trinajstić information content (AvgIpc) is 3.63. The molecule has 502 valence electrons. The van der Waals surface area contributed by atoms with Crippen molar-refractivity contribution in [2.75, 3.05) is 39.6 Å². The third kappa shape index (κ3) is 63.8. The molecule has 0 heterocycles. The monoisotopic (exact) mass is 1270 g/mol. The molecular weight excluding hydrogens is 1150 g/mol. The van der Waals surface area contributed by atoms with Crippen LogP contribution in [-0.4, -0.2) is 95.9 Å². The van der Waals surface area contributed by atoms with Crippen molar-refractivity contribution in [2.24, 2.45) is 0 Å². The third-order valence-corrected chi connectivity index (χ3v) is 15.7. The summed E-state index contributed by atoms with van der Waals surface area (Å²) in [5, 5.41) is 20.5. The largest absolute Gasteiger partial charge is 0.472 e. The first-order chi connectivity index (χ1) is 42.2. The van der Waals surface area contributed by atoms with Crippen LogP contribution >= 0.6 is 15.6 Å². The summed E-state index contributed by atoms with van der Waals surface area (Å²) < 4.78 is 60.8. The quantitative estimate of drug-likeness (QED) is 0.0146. The molecular formula is C69H120O16P2. The highest BCUT2D eigenvalue weighted by atomic mass is 31.2. The maximum Gasteiger partial charge on any atom is 0.472 e. The fourth-order valence-electron chi connectivity index (χ4n) is 8.66. The Morgan fingerprint density at radius 2 is 0.609 bits per heavy atom. The van der Waals surface area contributed by atoms with Crippen molar-refractivity contribution < 1.29 is 75.8 Å². The molecule has 0 fully saturated rings. The number of hydrogen-bond acceptors (Lipinski definition) is 14. The number of esters is 3. The zero-order valence-corrected chi connectivity index (χ0v) is 56.0. The van der Waals surface area contributed by atoms with Crippen LogP contribution in [0, 0.1) is 0 Å². The van der Waals surface area contributed by atoms with Crippen LogP contribution in [0.15, 0.2) is 97.2 Å². The van der Waals surface area contributed by atoms with Crippen LogP contribution in [-0.2, 0) is 55.8 Å². The molecule has 0 aliphatic carbocycles. The molecule has 0 bridgehead atoms. The van der Waals surface area contributed by atoms with Gasteiger partial charge in [0.2, 0.25) is 0 Å². The molecule has 0 radical (unpaired) electrons. The molecule has 0 rings (SSSR count). The lowest BCUT2D eigenvalue weighted by Crippen LogP contribution is -2.30. The van der Waals surface area contributed by atoms with Gasteiger partial charge < -0.3 is 34.2 Å². The Hall–Kier alpha value is -3.53. The second-order valence-electron chi connectivity index (χ2n) is 22.2. The number of phosphoric ester groups is 2. The highest BCUT2D eigenvalue weighted by molar-refractivity contribution is 7.47. The van der Waals surface area contributed by atoms with Gasteiger partial charge in [0.25, 0.3) is 0 Å². The molecule has 0 saturated heterocycles. The first-order valence-electron chi connectivity index (χ1n) is 33.5. The Balaban J connectivity index is 4.61. The summed E-state index contributed by atoms with van der Waals surface area (Å²) in [6.45, 7) is 2.48. The molecule has 18 heteroatoms. The summed E-state index contributed by atoms with van der Waals surface area (Å²) in [4.78, 5) is 58.3. The van der Waals surface area contributed by atoms with Crippen molar-refractivity contribution >= 4 is 33.6 Å². The summed E-state index contributed by atoms with van der Waals surface area (Å²) >= 11 is 0. The first kappa shape index (κ1) is 83.5. The van der Waals surface area contributed by atoms with E-state index in [0.29, 0.717) is 19.3 Å². The van der Waals surface area contributed by atoms with E-state index in [1.54, 1.807) is 0 Å². The molecule has 0 aliphatic rings. The van der Waals surface area contributed by atoms with Crippen molar-refractivity contribution in [1.29, 1.82) is 0 Å². The molecule has 0 aromatic rings. The SMILES string of the molecule is CC/C=C\C/C=C\C/C=C\C/C=C\C/C=C\C/C=C\CCCCCCC(=O)OCC(O)COP(=O)(O)OCC(O)COP(=O)(O)OCC(COC(=O)CCCCCCC/C=C\C/C=C\CCCCC)OC(=O)CCCCCCCCCCCCCCC. The van der Waals surface area contributed by atoms with Crippen molar-refractivity contribution in [3.63, 3.8) is 0 Å². The summed E-state index contributed by atoms with van der Waals surface area (Å²) in [6, 6.07) is 0. The van der Waals surface area contributed by atoms with E-state index < -0.39 is 91.5 Å². The Morgan fingerprint density at radius 1 is 0.333 bits per heavy atom. The van der Waals surface area contributed by atoms with E-state index in [1.807, 2.05) is 0 Å². The lowest BCUT2D eigenvalue weighted by atomic mass is 10.0. The first-order valence-corrected chi connectivity index (χ1v) is 36.5. The molecule has 87 heavy (non-hydrogen) atoms. The minimum Gasteiger partial charge on any atom is -0.463 e. The van der Waals surface area contributed by atoms with Crippen molar-refractivity contribution in [1.82, 2.24) is 0 Å². The molecule has 0 aromatic heterocycles. The molecule has 0 aliphatic heterocycles. The van der Waals surface area contributed by atoms with Gasteiger partial charge >= 0.3 is 33.6 Å². The van der Waals surface area contributed by atoms with Gasteiger partial charge in [0.15, 0.2) is 6.10 Å². The van der Waals surface area contributed by atoms with Gasteiger partial charge in [-0.3, -0.25) is 32.5 Å². The van der Waals surface area contributed by atoms with E-state index in [-0.39, 0.29) is 19.3 Å². The summed E-state index contributed by atoms with van der Waals surface area (Å²) in [5.41, 5.74) is 0. The van der Waals surface area contributed by atoms with Gasteiger partial charge in [0.1, 0.15) is 25.4 Å². The number of carbonyl (C=O) groups excluding carboxylic acids is 3. The molecule has 0 spiro atoms. The molecule has 5 unspecified atom stereocenters. The average molecular weight is 1270 g/mol. The number of unbranched alkanes of at least 4 members (excludes halogenated alkanes) is 24. The zero-order valence-electron chi connectivity index (χ0n) is 54.2. The second-order valence-corrected chi connectivity index (χ2v) is 25.2. The van der Waals surface area contributed by atoms with Crippen molar-refractivity contribution in [3.8, 4) is 0 Å². The Kier molecular flexibility index (Phi) is 60.1. The van der Waals surface area contributed by atoms with Crippen LogP contribution in [0.2, 0.25) is 0 Å². The lowest BCUT2D eigenvalue weighted by molar-refractivity contribution is -0.161. The topological polar surface area (TPSA) is 231 Å². The van der Waals surface area contributed by atoms with E-state index in [4.69, 9.17) is 32.3 Å². The predicted molar refractivity (Wildman–Crippen MR) is 353 cm³/mol. The smallest absolute Gasteiger partial charge is 0.463 e. The fourth-order valence-corrected chi connectivity index (χ4v) is 10.2. The van der Waals surface area contributed by atoms with Crippen LogP contribution in [0.5, 0.6) is 0 Å². The number of aliphatic hydroxyl groups excluding tert-OH is 2. The van der Waals surface area contributed by atoms with E-state index >= 15 is 0 Å². The minimum atomic E-state index is -4.92. The molecule has 0 amide bonds. The standard InChI is InChI=1S/C69H120O16P2/c1-4-7-10-13-16-19-22-25-27-28-29-30-31-32-33-34-36-39-40-43-46-49-52-55-67(72)79-58-64(70)59-81-86(75,76)82-60-65(71)61-83-87(77,78)84-63-66(85-69(74)57-54-51-48-45-42-37-24-21-18-15-12-9-6-3)62-80-68(73)56-53-50-47-44-41-38-35-26-23-20-17-14-11-8-5-2/h7,10,16-17,19-20,25-27,29-30,32-33,35-36,39,64-66,70-71H,4-6,8-9,11-15,18,21-24,28,31,34,37-38,40-63H2,1-3H3,(H,75,76)(H,77,78)/b10-7-,19-16-,20-17-,27-25-,30-29-,33-32-,35-26-,39-36-. The normalized spacial score (nSPS) is 14.9. The fraction of sp³-hybridized carbons (Fsp3) is 0.725. The molecule has 5 atom stereocenters. The van der Waals surface area contributed by atoms with Gasteiger partial charge in [-0.05, 0) is 103 Å². The van der Waals surface area contributed by atoms with E-state index in [9.17, 15) is 43.5 Å². The van der Waals surface area contributed by atoms with Crippen LogP contribution < -0.4 is 0 Å². The van der Waals surface area contributed by atoms with E-state index in [0.717, 1.165) is 135 Å². The highest BCUT2D eigenvalue weighted by Gasteiger charge is 2.29. The number of carbonyl (C=O) groups is 3. The van der Waals surface area contributed by atoms with Gasteiger partial charge in [-0.15, -0.1) is 0 Å². The molecule has 0 saturated carbocycles. The summed E-state index contributed by atoms with van der Waals surface area (Å²) in [5.74, 6) is -1.61. The van der Waals surface area contributed by atoms with Crippen LogP contribution in [0.25, 0.3) is 0 Å².